The highest BCUT2D eigenvalue weighted by atomic mass is 19.1. The van der Waals surface area contributed by atoms with E-state index < -0.39 is 23.5 Å². The second-order valence-electron chi connectivity index (χ2n) is 8.05. The van der Waals surface area contributed by atoms with Crippen molar-refractivity contribution in [3.63, 3.8) is 0 Å². The summed E-state index contributed by atoms with van der Waals surface area (Å²) in [5, 5.41) is 11.0. The van der Waals surface area contributed by atoms with E-state index in [9.17, 15) is 19.1 Å². The van der Waals surface area contributed by atoms with Crippen molar-refractivity contribution >= 4 is 17.4 Å². The Bertz CT molecular complexity index is 1050. The number of rotatable bonds is 7. The Morgan fingerprint density at radius 2 is 1.79 bits per heavy atom. The number of hydrogen-bond donors (Lipinski definition) is 1. The fraction of sp³-hybridized carbons (Fsp3) is 0.360. The van der Waals surface area contributed by atoms with Crippen LogP contribution in [0.1, 0.15) is 23.6 Å². The summed E-state index contributed by atoms with van der Waals surface area (Å²) in [7, 11) is 1.52. The Labute approximate surface area is 192 Å². The van der Waals surface area contributed by atoms with Crippen LogP contribution in [0, 0.1) is 5.82 Å². The van der Waals surface area contributed by atoms with Gasteiger partial charge >= 0.3 is 0 Å². The van der Waals surface area contributed by atoms with Gasteiger partial charge in [-0.1, -0.05) is 18.2 Å². The number of Topliss-reactive ketones (excluding diaryl/α,β-unsaturated/α-hetero) is 1. The normalized spacial score (nSPS) is 20.9. The van der Waals surface area contributed by atoms with E-state index in [0.29, 0.717) is 30.9 Å². The van der Waals surface area contributed by atoms with Crippen molar-refractivity contribution in [1.29, 1.82) is 0 Å². The first-order valence-electron chi connectivity index (χ1n) is 11.0. The van der Waals surface area contributed by atoms with Gasteiger partial charge in [0.05, 0.1) is 31.9 Å². The minimum absolute atomic E-state index is 0.110. The number of aliphatic hydroxyl groups is 1. The first-order chi connectivity index (χ1) is 16.0. The number of carbonyl (C=O) groups excluding carboxylic acids is 2. The predicted molar refractivity (Wildman–Crippen MR) is 120 cm³/mol. The van der Waals surface area contributed by atoms with Crippen LogP contribution in [0.3, 0.4) is 0 Å². The van der Waals surface area contributed by atoms with Gasteiger partial charge in [-0.25, -0.2) is 4.39 Å². The van der Waals surface area contributed by atoms with Gasteiger partial charge in [-0.2, -0.15) is 0 Å². The average Bonchev–Trinajstić information content (AvgIpc) is 3.09. The number of morpholine rings is 1. The Kier molecular flexibility index (Phi) is 7.05. The van der Waals surface area contributed by atoms with E-state index in [1.54, 1.807) is 42.5 Å². The highest BCUT2D eigenvalue weighted by molar-refractivity contribution is 6.46. The second-order valence-corrected chi connectivity index (χ2v) is 8.05. The lowest BCUT2D eigenvalue weighted by atomic mass is 9.95. The van der Waals surface area contributed by atoms with Crippen LogP contribution in [0.25, 0.3) is 5.76 Å². The Hall–Kier alpha value is -3.23. The molecule has 7 nitrogen and oxygen atoms in total. The maximum absolute atomic E-state index is 14.8. The molecule has 2 aliphatic heterocycles. The molecule has 2 fully saturated rings. The zero-order valence-electron chi connectivity index (χ0n) is 18.5. The highest BCUT2D eigenvalue weighted by Crippen LogP contribution is 2.40. The number of methoxy groups -OCH3 is 1. The van der Waals surface area contributed by atoms with Crippen LogP contribution in [-0.2, 0) is 14.3 Å². The van der Waals surface area contributed by atoms with Gasteiger partial charge in [-0.05, 0) is 36.8 Å². The second kappa shape index (κ2) is 10.1. The number of ketones is 1. The maximum atomic E-state index is 14.8. The van der Waals surface area contributed by atoms with E-state index in [1.165, 1.54) is 18.1 Å². The minimum atomic E-state index is -1.00. The third-order valence-corrected chi connectivity index (χ3v) is 6.08. The van der Waals surface area contributed by atoms with Crippen molar-refractivity contribution in [3.8, 4) is 5.75 Å². The molecule has 2 aliphatic rings. The van der Waals surface area contributed by atoms with Gasteiger partial charge in [0, 0.05) is 37.3 Å². The molecule has 2 heterocycles. The molecule has 1 amide bonds. The fourth-order valence-electron chi connectivity index (χ4n) is 4.32. The standard InChI is InChI=1S/C25H27FN2O5/c1-32-18-9-7-17(8-10-18)23(29)21-22(19-5-2-3-6-20(19)26)28(25(31)24(21)30)12-4-11-27-13-15-33-16-14-27/h2-3,5-10,22,29H,4,11-16H2,1H3/b23-21+/t22-/m1/s1. The smallest absolute Gasteiger partial charge is 0.295 e. The molecule has 8 heteroatoms. The fourth-order valence-corrected chi connectivity index (χ4v) is 4.32. The number of aliphatic hydroxyl groups excluding tert-OH is 1. The summed E-state index contributed by atoms with van der Waals surface area (Å²) < 4.78 is 25.3. The van der Waals surface area contributed by atoms with Gasteiger partial charge in [0.25, 0.3) is 11.7 Å². The van der Waals surface area contributed by atoms with Crippen LogP contribution >= 0.6 is 0 Å². The van der Waals surface area contributed by atoms with Crippen LogP contribution in [0.2, 0.25) is 0 Å². The van der Waals surface area contributed by atoms with Gasteiger partial charge in [0.15, 0.2) is 0 Å². The molecule has 4 rings (SSSR count). The van der Waals surface area contributed by atoms with E-state index >= 15 is 0 Å². The van der Waals surface area contributed by atoms with E-state index in [1.807, 2.05) is 0 Å². The van der Waals surface area contributed by atoms with Crippen molar-refractivity contribution in [2.75, 3.05) is 46.5 Å². The zero-order chi connectivity index (χ0) is 23.4. The van der Waals surface area contributed by atoms with Gasteiger partial charge in [-0.15, -0.1) is 0 Å². The van der Waals surface area contributed by atoms with Crippen LogP contribution in [0.4, 0.5) is 4.39 Å². The third kappa shape index (κ3) is 4.77. The van der Waals surface area contributed by atoms with Crippen molar-refractivity contribution in [1.82, 2.24) is 9.80 Å². The first kappa shape index (κ1) is 22.9. The summed E-state index contributed by atoms with van der Waals surface area (Å²) >= 11 is 0. The third-order valence-electron chi connectivity index (χ3n) is 6.08. The molecule has 2 aromatic carbocycles. The quantitative estimate of drug-likeness (QED) is 0.394. The lowest BCUT2D eigenvalue weighted by Gasteiger charge is -2.29. The summed E-state index contributed by atoms with van der Waals surface area (Å²) in [6.45, 7) is 3.96. The molecule has 0 saturated carbocycles. The molecule has 0 bridgehead atoms. The minimum Gasteiger partial charge on any atom is -0.507 e. The lowest BCUT2D eigenvalue weighted by molar-refractivity contribution is -0.140. The summed E-state index contributed by atoms with van der Waals surface area (Å²) in [4.78, 5) is 29.6. The Morgan fingerprint density at radius 3 is 2.45 bits per heavy atom. The SMILES string of the molecule is COc1ccc(/C(O)=C2\C(=O)C(=O)N(CCCN3CCOCC3)[C@@H]2c2ccccc2F)cc1. The van der Waals surface area contributed by atoms with Crippen LogP contribution in [-0.4, -0.2) is 73.1 Å². The summed E-state index contributed by atoms with van der Waals surface area (Å²) in [5.41, 5.74) is 0.420. The number of likely N-dealkylation sites (tertiary alicyclic amines) is 1. The first-order valence-corrected chi connectivity index (χ1v) is 11.0. The molecular weight excluding hydrogens is 427 g/mol. The topological polar surface area (TPSA) is 79.3 Å². The predicted octanol–water partition coefficient (Wildman–Crippen LogP) is 2.98. The van der Waals surface area contributed by atoms with E-state index in [0.717, 1.165) is 19.6 Å². The lowest BCUT2D eigenvalue weighted by Crippen LogP contribution is -2.39. The number of amides is 1. The van der Waals surface area contributed by atoms with Crippen LogP contribution < -0.4 is 4.74 Å². The van der Waals surface area contributed by atoms with Gasteiger partial charge in [0.1, 0.15) is 17.3 Å². The molecular formula is C25H27FN2O5. The largest absolute Gasteiger partial charge is 0.507 e. The maximum Gasteiger partial charge on any atom is 0.295 e. The van der Waals surface area contributed by atoms with Crippen molar-refractivity contribution in [3.05, 3.63) is 71.0 Å². The molecule has 2 aromatic rings. The number of hydrogen-bond acceptors (Lipinski definition) is 6. The Morgan fingerprint density at radius 1 is 1.09 bits per heavy atom. The molecule has 0 radical (unpaired) electrons. The molecule has 33 heavy (non-hydrogen) atoms. The van der Waals surface area contributed by atoms with Gasteiger partial charge in [0.2, 0.25) is 0 Å². The van der Waals surface area contributed by atoms with Crippen LogP contribution in [0.15, 0.2) is 54.1 Å². The van der Waals surface area contributed by atoms with Gasteiger partial charge < -0.3 is 19.5 Å². The van der Waals surface area contributed by atoms with Crippen LogP contribution in [0.5, 0.6) is 5.75 Å². The molecule has 2 saturated heterocycles. The molecule has 0 spiro atoms. The monoisotopic (exact) mass is 454 g/mol. The zero-order valence-corrected chi connectivity index (χ0v) is 18.5. The Balaban J connectivity index is 1.67. The van der Waals surface area contributed by atoms with Crippen molar-refractivity contribution in [2.24, 2.45) is 0 Å². The number of ether oxygens (including phenoxy) is 2. The summed E-state index contributed by atoms with van der Waals surface area (Å²) in [6.07, 6.45) is 0.612. The molecule has 174 valence electrons. The molecule has 1 atom stereocenters. The average molecular weight is 454 g/mol. The molecule has 0 unspecified atom stereocenters. The number of carbonyl (C=O) groups is 2. The van der Waals surface area contributed by atoms with E-state index in [2.05, 4.69) is 4.90 Å². The highest BCUT2D eigenvalue weighted by Gasteiger charge is 2.46. The number of halogens is 1. The summed E-state index contributed by atoms with van der Waals surface area (Å²) in [5.74, 6) is -1.84. The molecule has 0 aromatic heterocycles. The van der Waals surface area contributed by atoms with E-state index in [-0.39, 0.29) is 23.4 Å². The number of nitrogens with zero attached hydrogens (tertiary/aromatic N) is 2. The van der Waals surface area contributed by atoms with E-state index in [4.69, 9.17) is 9.47 Å². The molecule has 1 N–H and O–H groups in total. The van der Waals surface area contributed by atoms with Gasteiger partial charge in [-0.3, -0.25) is 14.5 Å². The molecule has 0 aliphatic carbocycles. The number of benzene rings is 2. The van der Waals surface area contributed by atoms with Crippen molar-refractivity contribution < 1.29 is 28.6 Å². The van der Waals surface area contributed by atoms with Crippen molar-refractivity contribution in [2.45, 2.75) is 12.5 Å². The summed E-state index contributed by atoms with van der Waals surface area (Å²) in [6, 6.07) is 11.5.